The van der Waals surface area contributed by atoms with Gasteiger partial charge >= 0.3 is 0 Å². The average molecular weight is 175 g/mol. The summed E-state index contributed by atoms with van der Waals surface area (Å²) in [4.78, 5) is 0. The summed E-state index contributed by atoms with van der Waals surface area (Å²) in [6.07, 6.45) is 0. The van der Waals surface area contributed by atoms with Crippen LogP contribution in [0.3, 0.4) is 0 Å². The van der Waals surface area contributed by atoms with Crippen molar-refractivity contribution in [3.05, 3.63) is 11.6 Å². The number of aliphatic hydroxyl groups excluding tert-OH is 1. The molecule has 4 heteroatoms. The van der Waals surface area contributed by atoms with Crippen LogP contribution in [0.25, 0.3) is 0 Å². The zero-order valence-corrected chi connectivity index (χ0v) is 6.26. The van der Waals surface area contributed by atoms with Crippen molar-refractivity contribution in [1.82, 2.24) is 0 Å². The molecule has 0 rings (SSSR count). The van der Waals surface area contributed by atoms with Crippen LogP contribution in [0.1, 0.15) is 0 Å². The Bertz CT molecular complexity index is 99.5. The van der Waals surface area contributed by atoms with Crippen LogP contribution in [-0.4, -0.2) is 16.0 Å². The van der Waals surface area contributed by atoms with Crippen molar-refractivity contribution < 1.29 is 5.11 Å². The smallest absolute Gasteiger partial charge is 0.175 e. The van der Waals surface area contributed by atoms with Crippen LogP contribution in [0.2, 0.25) is 0 Å². The fraction of sp³-hybridized carbons (Fsp3) is 0.500. The lowest BCUT2D eigenvalue weighted by molar-refractivity contribution is 0.293. The van der Waals surface area contributed by atoms with E-state index in [2.05, 4.69) is 6.58 Å². The monoisotopic (exact) mass is 174 g/mol. The highest BCUT2D eigenvalue weighted by Crippen LogP contribution is 2.30. The van der Waals surface area contributed by atoms with E-state index in [1.165, 1.54) is 0 Å². The van der Waals surface area contributed by atoms with Gasteiger partial charge in [-0.3, -0.25) is 0 Å². The van der Waals surface area contributed by atoms with E-state index in [0.29, 0.717) is 0 Å². The molecule has 0 aromatic heterocycles. The first-order valence-electron chi connectivity index (χ1n) is 1.84. The van der Waals surface area contributed by atoms with Crippen LogP contribution in [-0.2, 0) is 0 Å². The third-order valence-corrected chi connectivity index (χ3v) is 1.81. The first-order valence-corrected chi connectivity index (χ1v) is 2.97. The molecule has 0 saturated heterocycles. The van der Waals surface area contributed by atoms with E-state index in [1.807, 2.05) is 0 Å². The van der Waals surface area contributed by atoms with Gasteiger partial charge in [-0.05, 0) is 0 Å². The minimum Gasteiger partial charge on any atom is -0.393 e. The number of aliphatic hydroxyl groups is 1. The Balaban J connectivity index is 3.91. The largest absolute Gasteiger partial charge is 0.393 e. The Morgan fingerprint density at radius 2 is 2.00 bits per heavy atom. The molecular weight excluding hydrogens is 170 g/mol. The van der Waals surface area contributed by atoms with Crippen molar-refractivity contribution in [1.29, 1.82) is 0 Å². The van der Waals surface area contributed by atoms with E-state index < -0.39 is 10.9 Å². The van der Waals surface area contributed by atoms with E-state index in [0.717, 1.165) is 0 Å². The molecule has 0 aromatic rings. The minimum atomic E-state index is -1.39. The summed E-state index contributed by atoms with van der Waals surface area (Å²) in [6.45, 7) is 2.82. The Morgan fingerprint density at radius 1 is 1.62 bits per heavy atom. The third kappa shape index (κ3) is 2.23. The number of halogens is 3. The Hall–Kier alpha value is 0.570. The van der Waals surface area contributed by atoms with E-state index in [1.54, 1.807) is 0 Å². The van der Waals surface area contributed by atoms with Crippen molar-refractivity contribution in [3.63, 3.8) is 0 Å². The lowest BCUT2D eigenvalue weighted by Crippen LogP contribution is -2.17. The van der Waals surface area contributed by atoms with E-state index in [-0.39, 0.29) is 5.03 Å². The Labute approximate surface area is 62.8 Å². The molecule has 0 aliphatic rings. The van der Waals surface area contributed by atoms with Crippen LogP contribution in [0.5, 0.6) is 0 Å². The molecule has 0 unspecified atom stereocenters. The predicted octanol–water partition coefficient (Wildman–Crippen LogP) is 1.91. The van der Waals surface area contributed by atoms with Crippen LogP contribution < -0.4 is 0 Å². The molecule has 0 heterocycles. The normalized spacial score (nSPS) is 11.5. The minimum absolute atomic E-state index is 0.0309. The maximum atomic E-state index is 8.36. The van der Waals surface area contributed by atoms with Crippen LogP contribution in [0.15, 0.2) is 11.6 Å². The predicted molar refractivity (Wildman–Crippen MR) is 36.5 cm³/mol. The van der Waals surface area contributed by atoms with Gasteiger partial charge in [-0.2, -0.15) is 0 Å². The first-order chi connectivity index (χ1) is 3.50. The fourth-order valence-corrected chi connectivity index (χ4v) is 0.146. The van der Waals surface area contributed by atoms with Gasteiger partial charge in [0.2, 0.25) is 0 Å². The van der Waals surface area contributed by atoms with Gasteiger partial charge in [-0.15, -0.1) is 0 Å². The second-order valence-corrected chi connectivity index (χ2v) is 3.21. The van der Waals surface area contributed by atoms with E-state index >= 15 is 0 Å². The van der Waals surface area contributed by atoms with Gasteiger partial charge in [-0.25, -0.2) is 0 Å². The topological polar surface area (TPSA) is 20.2 Å². The SMILES string of the molecule is C=C(Cl)C(Cl)(Cl)CO. The molecule has 0 atom stereocenters. The van der Waals surface area contributed by atoms with Gasteiger partial charge in [0, 0.05) is 5.03 Å². The summed E-state index contributed by atoms with van der Waals surface area (Å²) < 4.78 is -1.39. The van der Waals surface area contributed by atoms with E-state index in [4.69, 9.17) is 39.9 Å². The first kappa shape index (κ1) is 8.57. The molecule has 0 aromatic carbocycles. The summed E-state index contributed by atoms with van der Waals surface area (Å²) in [7, 11) is 0. The van der Waals surface area contributed by atoms with E-state index in [9.17, 15) is 0 Å². The summed E-state index contributed by atoms with van der Waals surface area (Å²) in [5.74, 6) is 0. The van der Waals surface area contributed by atoms with Crippen molar-refractivity contribution in [2.45, 2.75) is 4.33 Å². The standard InChI is InChI=1S/C4H5Cl3O/c1-3(5)4(6,7)2-8/h8H,1-2H2. The molecule has 0 amide bonds. The summed E-state index contributed by atoms with van der Waals surface area (Å²) in [5, 5.41) is 8.39. The third-order valence-electron chi connectivity index (χ3n) is 0.595. The van der Waals surface area contributed by atoms with Crippen LogP contribution in [0.4, 0.5) is 0 Å². The molecule has 1 N–H and O–H groups in total. The second-order valence-electron chi connectivity index (χ2n) is 1.27. The highest BCUT2D eigenvalue weighted by molar-refractivity contribution is 6.56. The van der Waals surface area contributed by atoms with Crippen molar-refractivity contribution in [2.75, 3.05) is 6.61 Å². The number of hydrogen-bond acceptors (Lipinski definition) is 1. The maximum Gasteiger partial charge on any atom is 0.175 e. The molecule has 0 spiro atoms. The van der Waals surface area contributed by atoms with Gasteiger partial charge in [-0.1, -0.05) is 41.4 Å². The zero-order chi connectivity index (χ0) is 6.78. The lowest BCUT2D eigenvalue weighted by Gasteiger charge is -2.12. The second kappa shape index (κ2) is 2.92. The number of hydrogen-bond donors (Lipinski definition) is 1. The summed E-state index contributed by atoms with van der Waals surface area (Å²) in [6, 6.07) is 0. The molecule has 0 aliphatic carbocycles. The van der Waals surface area contributed by atoms with Gasteiger partial charge < -0.3 is 5.11 Å². The molecule has 0 saturated carbocycles. The highest BCUT2D eigenvalue weighted by Gasteiger charge is 2.24. The molecule has 0 fully saturated rings. The summed E-state index contributed by atoms with van der Waals surface area (Å²) >= 11 is 15.9. The molecule has 0 aliphatic heterocycles. The molecular formula is C4H5Cl3O. The molecule has 0 bridgehead atoms. The number of alkyl halides is 2. The van der Waals surface area contributed by atoms with Crippen LogP contribution >= 0.6 is 34.8 Å². The van der Waals surface area contributed by atoms with Crippen LogP contribution in [0, 0.1) is 0 Å². The van der Waals surface area contributed by atoms with Crippen molar-refractivity contribution in [3.8, 4) is 0 Å². The molecule has 1 nitrogen and oxygen atoms in total. The van der Waals surface area contributed by atoms with Gasteiger partial charge in [0.05, 0.1) is 6.61 Å². The van der Waals surface area contributed by atoms with Gasteiger partial charge in [0.25, 0.3) is 0 Å². The quantitative estimate of drug-likeness (QED) is 0.636. The Kier molecular flexibility index (Phi) is 3.13. The average Bonchev–Trinajstić information content (AvgIpc) is 1.67. The van der Waals surface area contributed by atoms with Crippen molar-refractivity contribution >= 4 is 34.8 Å². The summed E-state index contributed by atoms with van der Waals surface area (Å²) in [5.41, 5.74) is 0. The number of rotatable bonds is 2. The zero-order valence-electron chi connectivity index (χ0n) is 4.00. The lowest BCUT2D eigenvalue weighted by atomic mass is 10.4. The Morgan fingerprint density at radius 3 is 2.00 bits per heavy atom. The highest BCUT2D eigenvalue weighted by atomic mass is 35.5. The fourth-order valence-electron chi connectivity index (χ4n) is 0.0858. The molecule has 48 valence electrons. The molecule has 8 heavy (non-hydrogen) atoms. The van der Waals surface area contributed by atoms with Gasteiger partial charge in [0.15, 0.2) is 4.33 Å². The molecule has 0 radical (unpaired) electrons. The van der Waals surface area contributed by atoms with Crippen molar-refractivity contribution in [2.24, 2.45) is 0 Å². The van der Waals surface area contributed by atoms with Gasteiger partial charge in [0.1, 0.15) is 0 Å². The maximum absolute atomic E-state index is 8.36.